The fraction of sp³-hybridized carbons (Fsp3) is 0.474. The van der Waals surface area contributed by atoms with Gasteiger partial charge in [-0.15, -0.1) is 0 Å². The molecule has 1 aliphatic heterocycles. The van der Waals surface area contributed by atoms with Crippen LogP contribution in [-0.2, 0) is 9.53 Å². The summed E-state index contributed by atoms with van der Waals surface area (Å²) in [5, 5.41) is 0.866. The molecule has 0 saturated carbocycles. The number of piperidine rings is 1. The minimum Gasteiger partial charge on any atom is -0.493 e. The molecular formula is C19H24N2O5. The molecule has 0 aliphatic carbocycles. The van der Waals surface area contributed by atoms with Crippen LogP contribution < -0.4 is 9.47 Å². The second-order valence-corrected chi connectivity index (χ2v) is 6.32. The maximum absolute atomic E-state index is 12.9. The van der Waals surface area contributed by atoms with Crippen molar-refractivity contribution >= 4 is 22.8 Å². The molecule has 26 heavy (non-hydrogen) atoms. The highest BCUT2D eigenvalue weighted by atomic mass is 16.5. The van der Waals surface area contributed by atoms with Crippen molar-refractivity contribution in [3.8, 4) is 11.5 Å². The third-order valence-corrected chi connectivity index (χ3v) is 4.68. The number of ether oxygens (including phenoxy) is 3. The Bertz CT molecular complexity index is 773. The minimum atomic E-state index is -0.253. The molecular weight excluding hydrogens is 336 g/mol. The lowest BCUT2D eigenvalue weighted by Crippen LogP contribution is -2.42. The topological polar surface area (TPSA) is 80.9 Å². The van der Waals surface area contributed by atoms with Gasteiger partial charge in [0, 0.05) is 30.1 Å². The molecule has 1 amide bonds. The highest BCUT2D eigenvalue weighted by Gasteiger charge is 2.30. The third-order valence-electron chi connectivity index (χ3n) is 4.68. The summed E-state index contributed by atoms with van der Waals surface area (Å²) in [5.41, 5.74) is 1.28. The van der Waals surface area contributed by atoms with E-state index < -0.39 is 0 Å². The first-order chi connectivity index (χ1) is 12.6. The lowest BCUT2D eigenvalue weighted by Gasteiger charge is -2.31. The molecule has 1 aromatic carbocycles. The predicted molar refractivity (Wildman–Crippen MR) is 96.7 cm³/mol. The number of aromatic nitrogens is 1. The molecule has 1 aromatic heterocycles. The number of amides is 1. The van der Waals surface area contributed by atoms with Gasteiger partial charge in [0.15, 0.2) is 11.5 Å². The molecule has 2 heterocycles. The standard InChI is InChI=1S/C19H24N2O5/c1-4-26-19(23)12-6-5-7-21(11-12)18(22)15-8-13-9-16(24-2)17(25-3)10-14(13)20-15/h8-10,12,20H,4-7,11H2,1-3H3/t12-/m0/s1. The summed E-state index contributed by atoms with van der Waals surface area (Å²) >= 11 is 0. The molecule has 0 bridgehead atoms. The van der Waals surface area contributed by atoms with Crippen molar-refractivity contribution in [2.45, 2.75) is 19.8 Å². The van der Waals surface area contributed by atoms with E-state index in [4.69, 9.17) is 14.2 Å². The van der Waals surface area contributed by atoms with Crippen molar-refractivity contribution in [2.24, 2.45) is 5.92 Å². The molecule has 0 radical (unpaired) electrons. The van der Waals surface area contributed by atoms with E-state index in [0.29, 0.717) is 36.9 Å². The van der Waals surface area contributed by atoms with Gasteiger partial charge in [0.2, 0.25) is 0 Å². The maximum Gasteiger partial charge on any atom is 0.310 e. The zero-order valence-corrected chi connectivity index (χ0v) is 15.3. The Hall–Kier alpha value is -2.70. The second kappa shape index (κ2) is 7.68. The van der Waals surface area contributed by atoms with Crippen LogP contribution in [0.2, 0.25) is 0 Å². The van der Waals surface area contributed by atoms with Crippen LogP contribution in [0.5, 0.6) is 11.5 Å². The molecule has 0 unspecified atom stereocenters. The quantitative estimate of drug-likeness (QED) is 0.829. The number of methoxy groups -OCH3 is 2. The number of H-pyrrole nitrogens is 1. The lowest BCUT2D eigenvalue weighted by atomic mass is 9.98. The molecule has 7 nitrogen and oxygen atoms in total. The van der Waals surface area contributed by atoms with E-state index in [1.54, 1.807) is 32.1 Å². The number of aromatic amines is 1. The van der Waals surface area contributed by atoms with Crippen molar-refractivity contribution in [1.82, 2.24) is 9.88 Å². The van der Waals surface area contributed by atoms with Gasteiger partial charge in [-0.1, -0.05) is 0 Å². The van der Waals surface area contributed by atoms with Gasteiger partial charge in [-0.2, -0.15) is 0 Å². The fourth-order valence-electron chi connectivity index (χ4n) is 3.36. The Kier molecular flexibility index (Phi) is 5.35. The van der Waals surface area contributed by atoms with Crippen molar-refractivity contribution in [2.75, 3.05) is 33.9 Å². The normalized spacial score (nSPS) is 17.2. The number of fused-ring (bicyclic) bond motifs is 1. The van der Waals surface area contributed by atoms with Gasteiger partial charge in [-0.25, -0.2) is 0 Å². The monoisotopic (exact) mass is 360 g/mol. The Morgan fingerprint density at radius 1 is 1.19 bits per heavy atom. The molecule has 1 saturated heterocycles. The van der Waals surface area contributed by atoms with E-state index in [9.17, 15) is 9.59 Å². The van der Waals surface area contributed by atoms with Crippen LogP contribution in [0.1, 0.15) is 30.3 Å². The van der Waals surface area contributed by atoms with Gasteiger partial charge >= 0.3 is 5.97 Å². The fourth-order valence-corrected chi connectivity index (χ4v) is 3.36. The number of nitrogens with one attached hydrogen (secondary N) is 1. The third kappa shape index (κ3) is 3.47. The summed E-state index contributed by atoms with van der Waals surface area (Å²) in [6.07, 6.45) is 1.54. The maximum atomic E-state index is 12.9. The zero-order chi connectivity index (χ0) is 18.7. The number of esters is 1. The van der Waals surface area contributed by atoms with Gasteiger partial charge in [0.1, 0.15) is 5.69 Å². The zero-order valence-electron chi connectivity index (χ0n) is 15.3. The summed E-state index contributed by atoms with van der Waals surface area (Å²) in [6.45, 7) is 3.17. The Balaban J connectivity index is 1.81. The lowest BCUT2D eigenvalue weighted by molar-refractivity contribution is -0.149. The SMILES string of the molecule is CCOC(=O)[C@H]1CCCN(C(=O)c2cc3cc(OC)c(OC)cc3[nH]2)C1. The number of carbonyl (C=O) groups excluding carboxylic acids is 2. The molecule has 140 valence electrons. The number of nitrogens with zero attached hydrogens (tertiary/aromatic N) is 1. The first-order valence-electron chi connectivity index (χ1n) is 8.78. The molecule has 1 atom stereocenters. The summed E-state index contributed by atoms with van der Waals surface area (Å²) in [5.74, 6) is 0.612. The smallest absolute Gasteiger partial charge is 0.310 e. The van der Waals surface area contributed by atoms with Crippen molar-refractivity contribution < 1.29 is 23.8 Å². The van der Waals surface area contributed by atoms with E-state index >= 15 is 0 Å². The van der Waals surface area contributed by atoms with Crippen molar-refractivity contribution in [3.05, 3.63) is 23.9 Å². The molecule has 2 aromatic rings. The van der Waals surface area contributed by atoms with Crippen molar-refractivity contribution in [1.29, 1.82) is 0 Å². The molecule has 0 spiro atoms. The summed E-state index contributed by atoms with van der Waals surface area (Å²) in [6, 6.07) is 5.44. The summed E-state index contributed by atoms with van der Waals surface area (Å²) < 4.78 is 15.7. The van der Waals surface area contributed by atoms with Gasteiger partial charge in [-0.3, -0.25) is 9.59 Å². The van der Waals surface area contributed by atoms with E-state index in [2.05, 4.69) is 4.98 Å². The Morgan fingerprint density at radius 2 is 1.92 bits per heavy atom. The number of hydrogen-bond acceptors (Lipinski definition) is 5. The van der Waals surface area contributed by atoms with Gasteiger partial charge in [-0.05, 0) is 31.9 Å². The first-order valence-corrected chi connectivity index (χ1v) is 8.78. The van der Waals surface area contributed by atoms with E-state index in [-0.39, 0.29) is 17.8 Å². The van der Waals surface area contributed by atoms with E-state index in [1.165, 1.54) is 0 Å². The number of rotatable bonds is 5. The van der Waals surface area contributed by atoms with Crippen LogP contribution in [0.15, 0.2) is 18.2 Å². The molecule has 1 N–H and O–H groups in total. The Labute approximate surface area is 152 Å². The number of benzene rings is 1. The van der Waals surface area contributed by atoms with Crippen LogP contribution in [0, 0.1) is 5.92 Å². The average molecular weight is 360 g/mol. The largest absolute Gasteiger partial charge is 0.493 e. The molecule has 7 heteroatoms. The molecule has 1 fully saturated rings. The van der Waals surface area contributed by atoms with Gasteiger partial charge in [0.05, 0.1) is 26.7 Å². The molecule has 1 aliphatic rings. The number of carbonyl (C=O) groups is 2. The average Bonchev–Trinajstić information content (AvgIpc) is 3.09. The molecule has 3 rings (SSSR count). The number of hydrogen-bond donors (Lipinski definition) is 1. The van der Waals surface area contributed by atoms with Crippen LogP contribution in [0.25, 0.3) is 10.9 Å². The van der Waals surface area contributed by atoms with Crippen molar-refractivity contribution in [3.63, 3.8) is 0 Å². The van der Waals surface area contributed by atoms with Crippen LogP contribution in [-0.4, -0.2) is 55.7 Å². The summed E-state index contributed by atoms with van der Waals surface area (Å²) in [4.78, 5) is 29.7. The predicted octanol–water partition coefficient (Wildman–Crippen LogP) is 2.60. The summed E-state index contributed by atoms with van der Waals surface area (Å²) in [7, 11) is 3.15. The van der Waals surface area contributed by atoms with Crippen LogP contribution >= 0.6 is 0 Å². The highest BCUT2D eigenvalue weighted by Crippen LogP contribution is 2.32. The van der Waals surface area contributed by atoms with Crippen LogP contribution in [0.4, 0.5) is 0 Å². The van der Waals surface area contributed by atoms with E-state index in [0.717, 1.165) is 23.7 Å². The number of likely N-dealkylation sites (tertiary alicyclic amines) is 1. The van der Waals surface area contributed by atoms with Gasteiger partial charge in [0.25, 0.3) is 5.91 Å². The highest BCUT2D eigenvalue weighted by molar-refractivity contribution is 5.99. The second-order valence-electron chi connectivity index (χ2n) is 6.32. The first kappa shape index (κ1) is 18.1. The van der Waals surface area contributed by atoms with Crippen LogP contribution in [0.3, 0.4) is 0 Å². The Morgan fingerprint density at radius 3 is 2.62 bits per heavy atom. The van der Waals surface area contributed by atoms with Gasteiger partial charge < -0.3 is 24.1 Å². The minimum absolute atomic E-state index is 0.117. The van der Waals surface area contributed by atoms with E-state index in [1.807, 2.05) is 12.1 Å².